The Morgan fingerprint density at radius 2 is 1.51 bits per heavy atom. The van der Waals surface area contributed by atoms with Gasteiger partial charge in [-0.25, -0.2) is 14.8 Å². The van der Waals surface area contributed by atoms with Crippen LogP contribution in [0.3, 0.4) is 0 Å². The van der Waals surface area contributed by atoms with Crippen molar-refractivity contribution in [2.45, 2.75) is 19.3 Å². The summed E-state index contributed by atoms with van der Waals surface area (Å²) in [6.07, 6.45) is 11.5. The van der Waals surface area contributed by atoms with Crippen LogP contribution in [0.15, 0.2) is 97.5 Å². The van der Waals surface area contributed by atoms with E-state index in [0.717, 1.165) is 47.5 Å². The molecule has 0 bridgehead atoms. The van der Waals surface area contributed by atoms with E-state index in [1.165, 1.54) is 9.13 Å². The van der Waals surface area contributed by atoms with E-state index in [2.05, 4.69) is 16.0 Å². The second-order valence-electron chi connectivity index (χ2n) is 8.24. The lowest BCUT2D eigenvalue weighted by molar-refractivity contribution is 0.193. The van der Waals surface area contributed by atoms with Crippen molar-refractivity contribution in [3.63, 3.8) is 0 Å². The summed E-state index contributed by atoms with van der Waals surface area (Å²) < 4.78 is 8.73. The largest absolute Gasteiger partial charge is 0.463 e. The minimum Gasteiger partial charge on any atom is -0.463 e. The zero-order valence-electron chi connectivity index (χ0n) is 19.2. The van der Waals surface area contributed by atoms with Gasteiger partial charge >= 0.3 is 6.03 Å². The molecule has 1 aliphatic rings. The first-order valence-corrected chi connectivity index (χ1v) is 11.6. The van der Waals surface area contributed by atoms with Crippen molar-refractivity contribution < 1.29 is 9.53 Å². The number of benzene rings is 2. The third-order valence-corrected chi connectivity index (χ3v) is 5.91. The molecule has 1 aliphatic carbocycles. The van der Waals surface area contributed by atoms with Crippen LogP contribution < -0.4 is 0 Å². The SMILES string of the molecule is N=C(OCCN(C(=O)n1cnc(-c2ccccc2)c1)C1=CCCC1)n1cnc(-c2ccccc2)c1. The van der Waals surface area contributed by atoms with Crippen LogP contribution >= 0.6 is 0 Å². The van der Waals surface area contributed by atoms with Gasteiger partial charge in [0.05, 0.1) is 17.9 Å². The number of rotatable bonds is 6. The molecule has 5 rings (SSSR count). The maximum absolute atomic E-state index is 13.4. The molecule has 8 heteroatoms. The number of carbonyl (C=O) groups excluding carboxylic acids is 1. The van der Waals surface area contributed by atoms with Gasteiger partial charge in [-0.3, -0.25) is 19.4 Å². The fourth-order valence-electron chi connectivity index (χ4n) is 4.09. The Morgan fingerprint density at radius 3 is 2.11 bits per heavy atom. The molecule has 0 saturated carbocycles. The first-order chi connectivity index (χ1) is 17.2. The summed E-state index contributed by atoms with van der Waals surface area (Å²) in [5.41, 5.74) is 4.42. The summed E-state index contributed by atoms with van der Waals surface area (Å²) in [6, 6.07) is 19.3. The van der Waals surface area contributed by atoms with Gasteiger partial charge in [0.25, 0.3) is 6.02 Å². The summed E-state index contributed by atoms with van der Waals surface area (Å²) >= 11 is 0. The van der Waals surface area contributed by atoms with Gasteiger partial charge in [0.15, 0.2) is 0 Å². The molecule has 35 heavy (non-hydrogen) atoms. The minimum atomic E-state index is -0.183. The van der Waals surface area contributed by atoms with Gasteiger partial charge < -0.3 is 4.74 Å². The highest BCUT2D eigenvalue weighted by atomic mass is 16.5. The van der Waals surface area contributed by atoms with Crippen LogP contribution in [0.5, 0.6) is 0 Å². The monoisotopic (exact) mass is 466 g/mol. The fraction of sp³-hybridized carbons (Fsp3) is 0.185. The number of imidazole rings is 2. The number of nitrogens with zero attached hydrogens (tertiary/aromatic N) is 5. The van der Waals surface area contributed by atoms with Crippen LogP contribution in [0.25, 0.3) is 22.5 Å². The van der Waals surface area contributed by atoms with Crippen molar-refractivity contribution in [3.8, 4) is 22.5 Å². The number of ether oxygens (including phenoxy) is 1. The van der Waals surface area contributed by atoms with Crippen molar-refractivity contribution in [2.24, 2.45) is 0 Å². The highest BCUT2D eigenvalue weighted by molar-refractivity contribution is 5.80. The summed E-state index contributed by atoms with van der Waals surface area (Å²) in [7, 11) is 0. The molecular formula is C27H26N6O2. The first-order valence-electron chi connectivity index (χ1n) is 11.6. The quantitative estimate of drug-likeness (QED) is 0.310. The van der Waals surface area contributed by atoms with Crippen LogP contribution in [0, 0.1) is 5.41 Å². The van der Waals surface area contributed by atoms with E-state index in [4.69, 9.17) is 10.1 Å². The normalized spacial score (nSPS) is 12.9. The molecule has 1 N–H and O–H groups in total. The second-order valence-corrected chi connectivity index (χ2v) is 8.24. The third kappa shape index (κ3) is 5.06. The highest BCUT2D eigenvalue weighted by Crippen LogP contribution is 2.23. The fourth-order valence-corrected chi connectivity index (χ4v) is 4.09. The van der Waals surface area contributed by atoms with Crippen LogP contribution in [0.4, 0.5) is 4.79 Å². The van der Waals surface area contributed by atoms with Gasteiger partial charge in [0.2, 0.25) is 0 Å². The molecule has 0 fully saturated rings. The molecule has 2 heterocycles. The molecule has 0 atom stereocenters. The number of hydrogen-bond acceptors (Lipinski definition) is 5. The lowest BCUT2D eigenvalue weighted by Gasteiger charge is -2.24. The lowest BCUT2D eigenvalue weighted by atomic mass is 10.2. The number of amides is 1. The van der Waals surface area contributed by atoms with E-state index in [9.17, 15) is 4.79 Å². The zero-order chi connectivity index (χ0) is 24.0. The average Bonchev–Trinajstić information content (AvgIpc) is 3.69. The maximum Gasteiger partial charge on any atom is 0.333 e. The standard InChI is InChI=1S/C27H26N6O2/c28-26(31-17-24(29-19-31)21-9-3-1-4-10-21)35-16-15-33(23-13-7-8-14-23)27(34)32-18-25(30-20-32)22-11-5-2-6-12-22/h1-6,9-13,17-20,28H,7-8,14-16H2. The van der Waals surface area contributed by atoms with Crippen molar-refractivity contribution in [1.29, 1.82) is 5.41 Å². The van der Waals surface area contributed by atoms with Gasteiger partial charge in [-0.2, -0.15) is 0 Å². The zero-order valence-corrected chi connectivity index (χ0v) is 19.2. The van der Waals surface area contributed by atoms with Gasteiger partial charge in [-0.1, -0.05) is 66.7 Å². The van der Waals surface area contributed by atoms with Gasteiger partial charge in [-0.15, -0.1) is 0 Å². The molecule has 8 nitrogen and oxygen atoms in total. The molecule has 2 aromatic heterocycles. The van der Waals surface area contributed by atoms with E-state index < -0.39 is 0 Å². The van der Waals surface area contributed by atoms with Gasteiger partial charge in [0, 0.05) is 29.2 Å². The molecule has 0 radical (unpaired) electrons. The van der Waals surface area contributed by atoms with E-state index in [1.807, 2.05) is 60.7 Å². The van der Waals surface area contributed by atoms with E-state index in [-0.39, 0.29) is 18.7 Å². The number of aromatic nitrogens is 4. The van der Waals surface area contributed by atoms with Crippen LogP contribution in [0.2, 0.25) is 0 Å². The van der Waals surface area contributed by atoms with Crippen LogP contribution in [-0.4, -0.2) is 49.2 Å². The van der Waals surface area contributed by atoms with E-state index in [0.29, 0.717) is 6.54 Å². The summed E-state index contributed by atoms with van der Waals surface area (Å²) in [4.78, 5) is 23.9. The Kier molecular flexibility index (Phi) is 6.52. The maximum atomic E-state index is 13.4. The Labute approximate surface area is 203 Å². The Morgan fingerprint density at radius 1 is 0.914 bits per heavy atom. The summed E-state index contributed by atoms with van der Waals surface area (Å²) in [5, 5.41) is 8.30. The summed E-state index contributed by atoms with van der Waals surface area (Å²) in [5.74, 6) is 0. The molecule has 0 spiro atoms. The second kappa shape index (κ2) is 10.2. The molecular weight excluding hydrogens is 440 g/mol. The topological polar surface area (TPSA) is 89.0 Å². The number of nitrogens with one attached hydrogen (secondary N) is 1. The van der Waals surface area contributed by atoms with Crippen molar-refractivity contribution in [3.05, 3.63) is 97.5 Å². The van der Waals surface area contributed by atoms with Crippen LogP contribution in [-0.2, 0) is 4.74 Å². The third-order valence-electron chi connectivity index (χ3n) is 5.91. The minimum absolute atomic E-state index is 0.0403. The highest BCUT2D eigenvalue weighted by Gasteiger charge is 2.22. The Hall–Kier alpha value is -4.46. The molecule has 4 aromatic rings. The van der Waals surface area contributed by atoms with Crippen LogP contribution in [0.1, 0.15) is 19.3 Å². The lowest BCUT2D eigenvalue weighted by Crippen LogP contribution is -2.36. The van der Waals surface area contributed by atoms with Crippen molar-refractivity contribution in [1.82, 2.24) is 24.0 Å². The number of allylic oxidation sites excluding steroid dienone is 2. The molecule has 176 valence electrons. The predicted molar refractivity (Wildman–Crippen MR) is 134 cm³/mol. The molecule has 0 aliphatic heterocycles. The molecule has 0 unspecified atom stereocenters. The van der Waals surface area contributed by atoms with Crippen molar-refractivity contribution >= 4 is 12.1 Å². The van der Waals surface area contributed by atoms with Gasteiger partial charge in [0.1, 0.15) is 19.3 Å². The summed E-state index contributed by atoms with van der Waals surface area (Å²) in [6.45, 7) is 0.507. The van der Waals surface area contributed by atoms with Crippen molar-refractivity contribution in [2.75, 3.05) is 13.2 Å². The molecule has 2 aromatic carbocycles. The Balaban J connectivity index is 1.24. The average molecular weight is 467 g/mol. The molecule has 1 amide bonds. The Bertz CT molecular complexity index is 1340. The number of carbonyl (C=O) groups is 1. The van der Waals surface area contributed by atoms with E-state index in [1.54, 1.807) is 29.9 Å². The predicted octanol–water partition coefficient (Wildman–Crippen LogP) is 5.25. The smallest absolute Gasteiger partial charge is 0.333 e. The number of hydrogen-bond donors (Lipinski definition) is 1. The first kappa shape index (κ1) is 22.3. The van der Waals surface area contributed by atoms with Gasteiger partial charge in [-0.05, 0) is 19.3 Å². The van der Waals surface area contributed by atoms with E-state index >= 15 is 0 Å². The molecule has 0 saturated heterocycles.